The lowest BCUT2D eigenvalue weighted by molar-refractivity contribution is -0.389. The van der Waals surface area contributed by atoms with Gasteiger partial charge in [-0.05, 0) is 49.8 Å². The Labute approximate surface area is 181 Å². The standard InChI is InChI=1S/C24H27N3O2S/c1-3-29-20-10-5-4-9-19(20)27-23(28)22-18-12-11-16(2)14-21(18)30-24(22)26-15-17-8-6-7-13-25-17/h4-10,13,16,26H,3,11-12,14-15H2,1-2H3,(H,27,28)/p+1. The lowest BCUT2D eigenvalue weighted by Gasteiger charge is -2.19. The molecular weight excluding hydrogens is 394 g/mol. The molecule has 1 aromatic carbocycles. The minimum atomic E-state index is -0.0752. The van der Waals surface area contributed by atoms with Gasteiger partial charge in [0, 0.05) is 17.0 Å². The first kappa shape index (κ1) is 20.4. The Morgan fingerprint density at radius 3 is 2.87 bits per heavy atom. The summed E-state index contributed by atoms with van der Waals surface area (Å²) < 4.78 is 5.69. The Bertz CT molecular complexity index is 1020. The summed E-state index contributed by atoms with van der Waals surface area (Å²) >= 11 is 1.72. The maximum atomic E-state index is 13.4. The molecule has 1 unspecified atom stereocenters. The highest BCUT2D eigenvalue weighted by atomic mass is 32.1. The average Bonchev–Trinajstić information content (AvgIpc) is 3.12. The van der Waals surface area contributed by atoms with E-state index in [4.69, 9.17) is 4.74 Å². The van der Waals surface area contributed by atoms with Crippen molar-refractivity contribution in [2.24, 2.45) is 5.92 Å². The summed E-state index contributed by atoms with van der Waals surface area (Å²) in [5.74, 6) is 1.27. The molecule has 0 aliphatic heterocycles. The molecule has 6 heteroatoms. The fraction of sp³-hybridized carbons (Fsp3) is 0.333. The van der Waals surface area contributed by atoms with Crippen molar-refractivity contribution in [2.45, 2.75) is 39.7 Å². The molecule has 0 spiro atoms. The van der Waals surface area contributed by atoms with Crippen molar-refractivity contribution in [1.82, 2.24) is 0 Å². The number of aromatic nitrogens is 1. The Hall–Kier alpha value is -2.86. The fourth-order valence-corrected chi connectivity index (χ4v) is 5.27. The van der Waals surface area contributed by atoms with E-state index in [0.717, 1.165) is 35.5 Å². The topological polar surface area (TPSA) is 64.5 Å². The Kier molecular flexibility index (Phi) is 6.33. The van der Waals surface area contributed by atoms with Crippen LogP contribution in [0.4, 0.5) is 10.7 Å². The third-order valence-corrected chi connectivity index (χ3v) is 6.60. The number of hydrogen-bond acceptors (Lipinski definition) is 4. The van der Waals surface area contributed by atoms with E-state index in [0.29, 0.717) is 30.5 Å². The summed E-state index contributed by atoms with van der Waals surface area (Å²) in [6.07, 6.45) is 5.01. The number of benzene rings is 1. The Balaban J connectivity index is 1.63. The van der Waals surface area contributed by atoms with E-state index in [2.05, 4.69) is 22.5 Å². The minimum Gasteiger partial charge on any atom is -0.492 e. The molecule has 0 saturated carbocycles. The number of ether oxygens (including phenoxy) is 1. The van der Waals surface area contributed by atoms with Crippen LogP contribution in [-0.2, 0) is 19.4 Å². The largest absolute Gasteiger partial charge is 0.492 e. The molecule has 156 valence electrons. The number of para-hydroxylation sites is 2. The Morgan fingerprint density at radius 1 is 1.23 bits per heavy atom. The van der Waals surface area contributed by atoms with Gasteiger partial charge in [-0.15, -0.1) is 11.3 Å². The third-order valence-electron chi connectivity index (χ3n) is 5.39. The number of amides is 1. The highest BCUT2D eigenvalue weighted by Crippen LogP contribution is 2.40. The molecule has 1 amide bonds. The van der Waals surface area contributed by atoms with Gasteiger partial charge in [0.15, 0.2) is 11.9 Å². The average molecular weight is 423 g/mol. The van der Waals surface area contributed by atoms with Gasteiger partial charge >= 0.3 is 0 Å². The second-order valence-electron chi connectivity index (χ2n) is 7.68. The van der Waals surface area contributed by atoms with Crippen LogP contribution in [0, 0.1) is 5.92 Å². The van der Waals surface area contributed by atoms with Gasteiger partial charge in [-0.1, -0.05) is 25.1 Å². The van der Waals surface area contributed by atoms with E-state index in [9.17, 15) is 4.79 Å². The second kappa shape index (κ2) is 9.30. The maximum Gasteiger partial charge on any atom is 0.259 e. The van der Waals surface area contributed by atoms with Crippen LogP contribution in [0.5, 0.6) is 5.75 Å². The van der Waals surface area contributed by atoms with E-state index >= 15 is 0 Å². The van der Waals surface area contributed by atoms with E-state index in [-0.39, 0.29) is 5.91 Å². The summed E-state index contributed by atoms with van der Waals surface area (Å²) in [6, 6.07) is 13.6. The smallest absolute Gasteiger partial charge is 0.259 e. The van der Waals surface area contributed by atoms with Crippen molar-refractivity contribution < 1.29 is 14.5 Å². The number of rotatable bonds is 7. The molecule has 3 N–H and O–H groups in total. The quantitative estimate of drug-likeness (QED) is 0.566. The summed E-state index contributed by atoms with van der Waals surface area (Å²) in [7, 11) is 0. The van der Waals surface area contributed by atoms with E-state index in [1.54, 1.807) is 11.3 Å². The van der Waals surface area contributed by atoms with Crippen LogP contribution in [0.25, 0.3) is 0 Å². The fourth-order valence-electron chi connectivity index (χ4n) is 3.87. The van der Waals surface area contributed by atoms with Gasteiger partial charge in [-0.2, -0.15) is 0 Å². The number of H-pyrrole nitrogens is 1. The monoisotopic (exact) mass is 422 g/mol. The molecule has 0 saturated heterocycles. The van der Waals surface area contributed by atoms with Gasteiger partial charge in [-0.25, -0.2) is 4.98 Å². The zero-order valence-corrected chi connectivity index (χ0v) is 18.3. The number of nitrogens with one attached hydrogen (secondary N) is 3. The molecular formula is C24H28N3O2S+. The molecule has 2 heterocycles. The number of thiophene rings is 1. The highest BCUT2D eigenvalue weighted by Gasteiger charge is 2.28. The lowest BCUT2D eigenvalue weighted by Crippen LogP contribution is -2.19. The van der Waals surface area contributed by atoms with Crippen molar-refractivity contribution >= 4 is 27.9 Å². The molecule has 0 bridgehead atoms. The SMILES string of the molecule is CCOc1ccccc1NC(=O)c1c(NCc2cccc[nH+]2)sc2c1CCC(C)C2. The maximum absolute atomic E-state index is 13.4. The van der Waals surface area contributed by atoms with Gasteiger partial charge in [0.25, 0.3) is 5.91 Å². The first-order valence-electron chi connectivity index (χ1n) is 10.5. The van der Waals surface area contributed by atoms with Crippen LogP contribution in [0.3, 0.4) is 0 Å². The van der Waals surface area contributed by atoms with Crippen LogP contribution >= 0.6 is 11.3 Å². The van der Waals surface area contributed by atoms with Crippen molar-refractivity contribution in [2.75, 3.05) is 17.2 Å². The first-order valence-corrected chi connectivity index (χ1v) is 11.3. The van der Waals surface area contributed by atoms with Crippen molar-refractivity contribution in [3.63, 3.8) is 0 Å². The zero-order valence-electron chi connectivity index (χ0n) is 17.5. The number of carbonyl (C=O) groups is 1. The molecule has 0 radical (unpaired) electrons. The molecule has 5 nitrogen and oxygen atoms in total. The third kappa shape index (κ3) is 4.49. The summed E-state index contributed by atoms with van der Waals surface area (Å²) in [5.41, 5.74) is 3.76. The minimum absolute atomic E-state index is 0.0752. The summed E-state index contributed by atoms with van der Waals surface area (Å²) in [6.45, 7) is 5.43. The van der Waals surface area contributed by atoms with Crippen molar-refractivity contribution in [1.29, 1.82) is 0 Å². The normalized spacial score (nSPS) is 15.3. The zero-order chi connectivity index (χ0) is 20.9. The van der Waals surface area contributed by atoms with Gasteiger partial charge in [-0.3, -0.25) is 4.79 Å². The predicted octanol–water partition coefficient (Wildman–Crippen LogP) is 4.95. The number of anilines is 2. The molecule has 2 aromatic heterocycles. The number of fused-ring (bicyclic) bond motifs is 1. The predicted molar refractivity (Wildman–Crippen MR) is 121 cm³/mol. The molecule has 30 heavy (non-hydrogen) atoms. The van der Waals surface area contributed by atoms with Crippen LogP contribution in [-0.4, -0.2) is 12.5 Å². The van der Waals surface area contributed by atoms with Gasteiger partial charge in [0.05, 0.1) is 17.9 Å². The molecule has 1 atom stereocenters. The number of pyridine rings is 1. The molecule has 0 fully saturated rings. The van der Waals surface area contributed by atoms with E-state index < -0.39 is 0 Å². The number of hydrogen-bond donors (Lipinski definition) is 2. The second-order valence-corrected chi connectivity index (χ2v) is 8.79. The van der Waals surface area contributed by atoms with Crippen LogP contribution in [0.15, 0.2) is 48.7 Å². The van der Waals surface area contributed by atoms with Crippen molar-refractivity contribution in [3.05, 3.63) is 70.4 Å². The molecule has 1 aliphatic rings. The lowest BCUT2D eigenvalue weighted by atomic mass is 9.88. The summed E-state index contributed by atoms with van der Waals surface area (Å²) in [5, 5.41) is 7.54. The van der Waals surface area contributed by atoms with E-state index in [1.807, 2.05) is 55.6 Å². The highest BCUT2D eigenvalue weighted by molar-refractivity contribution is 7.16. The van der Waals surface area contributed by atoms with Crippen LogP contribution in [0.2, 0.25) is 0 Å². The molecule has 1 aliphatic carbocycles. The molecule has 3 aromatic rings. The summed E-state index contributed by atoms with van der Waals surface area (Å²) in [4.78, 5) is 18.0. The van der Waals surface area contributed by atoms with Gasteiger partial charge in [0.2, 0.25) is 0 Å². The molecule has 4 rings (SSSR count). The van der Waals surface area contributed by atoms with Crippen molar-refractivity contribution in [3.8, 4) is 5.75 Å². The van der Waals surface area contributed by atoms with Gasteiger partial charge in [0.1, 0.15) is 17.3 Å². The van der Waals surface area contributed by atoms with Crippen LogP contribution < -0.4 is 20.4 Å². The number of carbonyl (C=O) groups excluding carboxylic acids is 1. The number of aromatic amines is 1. The first-order chi connectivity index (χ1) is 14.7. The Morgan fingerprint density at radius 2 is 2.07 bits per heavy atom. The van der Waals surface area contributed by atoms with Gasteiger partial charge < -0.3 is 15.4 Å². The van der Waals surface area contributed by atoms with E-state index in [1.165, 1.54) is 10.4 Å². The van der Waals surface area contributed by atoms with Crippen LogP contribution in [0.1, 0.15) is 46.8 Å².